The van der Waals surface area contributed by atoms with Gasteiger partial charge in [0.25, 0.3) is 11.9 Å². The van der Waals surface area contributed by atoms with Crippen molar-refractivity contribution in [1.29, 1.82) is 0 Å². The van der Waals surface area contributed by atoms with Crippen LogP contribution < -0.4 is 4.74 Å². The Kier molecular flexibility index (Phi) is 5.40. The topological polar surface area (TPSA) is 96.9 Å². The molecule has 30 heavy (non-hydrogen) atoms. The maximum Gasteiger partial charge on any atom is 0.341 e. The molecule has 3 heterocycles. The first-order valence-electron chi connectivity index (χ1n) is 10.1. The van der Waals surface area contributed by atoms with E-state index in [0.717, 1.165) is 25.7 Å². The lowest BCUT2D eigenvalue weighted by molar-refractivity contribution is 0.0526. The highest BCUT2D eigenvalue weighted by atomic mass is 19.1. The molecule has 0 atom stereocenters. The highest BCUT2D eigenvalue weighted by molar-refractivity contribution is 5.88. The number of carbonyl (C=O) groups excluding carboxylic acids is 1. The number of rotatable bonds is 6. The smallest absolute Gasteiger partial charge is 0.341 e. The van der Waals surface area contributed by atoms with E-state index in [1.54, 1.807) is 11.6 Å². The second-order valence-electron chi connectivity index (χ2n) is 7.94. The van der Waals surface area contributed by atoms with Crippen LogP contribution in [0.15, 0.2) is 12.4 Å². The molecule has 3 aromatic rings. The Morgan fingerprint density at radius 1 is 1.27 bits per heavy atom. The molecule has 0 aromatic carbocycles. The van der Waals surface area contributed by atoms with Gasteiger partial charge < -0.3 is 9.47 Å². The highest BCUT2D eigenvalue weighted by Crippen LogP contribution is 2.38. The summed E-state index contributed by atoms with van der Waals surface area (Å²) < 4.78 is 28.1. The van der Waals surface area contributed by atoms with Crippen molar-refractivity contribution in [3.05, 3.63) is 23.9 Å². The maximum absolute atomic E-state index is 14.7. The van der Waals surface area contributed by atoms with E-state index in [0.29, 0.717) is 12.1 Å². The van der Waals surface area contributed by atoms with Crippen LogP contribution in [0.5, 0.6) is 5.88 Å². The molecule has 0 saturated heterocycles. The van der Waals surface area contributed by atoms with Crippen LogP contribution in [-0.4, -0.2) is 49.2 Å². The molecule has 160 valence electrons. The van der Waals surface area contributed by atoms with Gasteiger partial charge >= 0.3 is 5.97 Å². The lowest BCUT2D eigenvalue weighted by atomic mass is 9.76. The highest BCUT2D eigenvalue weighted by Gasteiger charge is 2.30. The first-order chi connectivity index (χ1) is 14.4. The minimum absolute atomic E-state index is 0.0455. The van der Waals surface area contributed by atoms with Crippen molar-refractivity contribution in [1.82, 2.24) is 29.5 Å². The number of nitrogens with zero attached hydrogens (tertiary/aromatic N) is 6. The van der Waals surface area contributed by atoms with Gasteiger partial charge in [-0.1, -0.05) is 26.2 Å². The molecule has 9 nitrogen and oxygen atoms in total. The molecule has 0 N–H and O–H groups in total. The Morgan fingerprint density at radius 3 is 2.73 bits per heavy atom. The van der Waals surface area contributed by atoms with Gasteiger partial charge in [0.15, 0.2) is 11.0 Å². The average molecular weight is 416 g/mol. The van der Waals surface area contributed by atoms with Crippen LogP contribution in [0, 0.1) is 11.4 Å². The van der Waals surface area contributed by atoms with Gasteiger partial charge in [-0.2, -0.15) is 14.5 Å². The zero-order valence-electron chi connectivity index (χ0n) is 17.4. The van der Waals surface area contributed by atoms with Gasteiger partial charge in [0.1, 0.15) is 0 Å². The molecule has 3 aromatic heterocycles. The molecular formula is C20H25FN6O3. The lowest BCUT2D eigenvalue weighted by Gasteiger charge is -2.33. The molecule has 1 fully saturated rings. The number of hydrogen-bond acceptors (Lipinski definition) is 7. The van der Waals surface area contributed by atoms with Crippen LogP contribution in [0.2, 0.25) is 0 Å². The Hall–Kier alpha value is -3.04. The molecule has 1 aliphatic rings. The second-order valence-corrected chi connectivity index (χ2v) is 7.94. The molecular weight excluding hydrogens is 391 g/mol. The van der Waals surface area contributed by atoms with E-state index in [9.17, 15) is 9.18 Å². The predicted octanol–water partition coefficient (Wildman–Crippen LogP) is 3.31. The third-order valence-electron chi connectivity index (χ3n) is 5.59. The van der Waals surface area contributed by atoms with Crippen molar-refractivity contribution in [2.45, 2.75) is 52.5 Å². The molecule has 0 bridgehead atoms. The first kappa shape index (κ1) is 20.2. The molecule has 0 aliphatic heterocycles. The van der Waals surface area contributed by atoms with E-state index >= 15 is 0 Å². The molecule has 0 spiro atoms. The summed E-state index contributed by atoms with van der Waals surface area (Å²) in [5, 5.41) is 8.19. The van der Waals surface area contributed by atoms with Gasteiger partial charge in [0.2, 0.25) is 5.88 Å². The summed E-state index contributed by atoms with van der Waals surface area (Å²) in [6.07, 6.45) is 8.49. The number of aromatic nitrogens is 6. The first-order valence-corrected chi connectivity index (χ1v) is 10.1. The minimum atomic E-state index is -0.691. The molecule has 1 saturated carbocycles. The largest absolute Gasteiger partial charge is 0.479 e. The SMILES string of the molecule is CCOC(=O)c1cnn(-c2nc(OC)c3c(n2)c(F)nn3CC2(C)CCCCC2)c1. The minimum Gasteiger partial charge on any atom is -0.479 e. The maximum atomic E-state index is 14.7. The van der Waals surface area contributed by atoms with Crippen molar-refractivity contribution >= 4 is 17.0 Å². The normalized spacial score (nSPS) is 16.0. The van der Waals surface area contributed by atoms with E-state index in [1.165, 1.54) is 30.6 Å². The number of esters is 1. The molecule has 0 unspecified atom stereocenters. The Labute approximate surface area is 173 Å². The number of fused-ring (bicyclic) bond motifs is 1. The van der Waals surface area contributed by atoms with E-state index < -0.39 is 11.9 Å². The quantitative estimate of drug-likeness (QED) is 0.569. The van der Waals surface area contributed by atoms with Crippen LogP contribution >= 0.6 is 0 Å². The van der Waals surface area contributed by atoms with Gasteiger partial charge in [0, 0.05) is 12.7 Å². The van der Waals surface area contributed by atoms with Crippen molar-refractivity contribution in [3.63, 3.8) is 0 Å². The molecule has 0 amide bonds. The van der Waals surface area contributed by atoms with Gasteiger partial charge in [-0.15, -0.1) is 5.10 Å². The van der Waals surface area contributed by atoms with E-state index in [-0.39, 0.29) is 34.9 Å². The number of methoxy groups -OCH3 is 1. The van der Waals surface area contributed by atoms with Crippen LogP contribution in [0.3, 0.4) is 0 Å². The fraction of sp³-hybridized carbons (Fsp3) is 0.550. The number of hydrogen-bond donors (Lipinski definition) is 0. The van der Waals surface area contributed by atoms with Gasteiger partial charge in [-0.3, -0.25) is 4.68 Å². The third-order valence-corrected chi connectivity index (χ3v) is 5.59. The summed E-state index contributed by atoms with van der Waals surface area (Å²) in [5.41, 5.74) is 0.776. The van der Waals surface area contributed by atoms with Gasteiger partial charge in [-0.05, 0) is 25.2 Å². The summed E-state index contributed by atoms with van der Waals surface area (Å²) in [5.74, 6) is -0.906. The van der Waals surface area contributed by atoms with E-state index in [2.05, 4.69) is 27.1 Å². The predicted molar refractivity (Wildman–Crippen MR) is 106 cm³/mol. The van der Waals surface area contributed by atoms with Crippen LogP contribution in [0.25, 0.3) is 17.0 Å². The Bertz CT molecular complexity index is 1070. The molecule has 0 radical (unpaired) electrons. The van der Waals surface area contributed by atoms with Crippen molar-refractivity contribution < 1.29 is 18.7 Å². The summed E-state index contributed by atoms with van der Waals surface area (Å²) in [7, 11) is 1.47. The van der Waals surface area contributed by atoms with Crippen LogP contribution in [0.4, 0.5) is 4.39 Å². The zero-order chi connectivity index (χ0) is 21.3. The second kappa shape index (κ2) is 8.00. The lowest BCUT2D eigenvalue weighted by Crippen LogP contribution is -2.26. The summed E-state index contributed by atoms with van der Waals surface area (Å²) in [6, 6.07) is 0. The van der Waals surface area contributed by atoms with Crippen molar-refractivity contribution in [3.8, 4) is 11.8 Å². The van der Waals surface area contributed by atoms with Crippen molar-refractivity contribution in [2.75, 3.05) is 13.7 Å². The standard InChI is InChI=1S/C20H25FN6O3/c1-4-30-18(28)13-10-22-26(11-13)19-23-14-15(17(24-19)29-3)27(25-16(14)21)12-20(2)8-6-5-7-9-20/h10-11H,4-9,12H2,1-3H3. The average Bonchev–Trinajstić information content (AvgIpc) is 3.34. The van der Waals surface area contributed by atoms with Gasteiger partial charge in [0.05, 0.1) is 25.5 Å². The fourth-order valence-electron chi connectivity index (χ4n) is 4.04. The Balaban J connectivity index is 1.73. The summed E-state index contributed by atoms with van der Waals surface area (Å²) >= 11 is 0. The number of carbonyl (C=O) groups is 1. The zero-order valence-corrected chi connectivity index (χ0v) is 17.4. The van der Waals surface area contributed by atoms with Crippen LogP contribution in [-0.2, 0) is 11.3 Å². The van der Waals surface area contributed by atoms with Crippen molar-refractivity contribution in [2.24, 2.45) is 5.41 Å². The fourth-order valence-corrected chi connectivity index (χ4v) is 4.04. The van der Waals surface area contributed by atoms with Gasteiger partial charge in [-0.25, -0.2) is 14.5 Å². The number of ether oxygens (including phenoxy) is 2. The molecule has 4 rings (SSSR count). The Morgan fingerprint density at radius 2 is 2.03 bits per heavy atom. The molecule has 1 aliphatic carbocycles. The van der Waals surface area contributed by atoms with E-state index in [1.807, 2.05) is 0 Å². The molecule has 10 heteroatoms. The third kappa shape index (κ3) is 3.73. The van der Waals surface area contributed by atoms with E-state index in [4.69, 9.17) is 9.47 Å². The summed E-state index contributed by atoms with van der Waals surface area (Å²) in [4.78, 5) is 20.6. The summed E-state index contributed by atoms with van der Waals surface area (Å²) in [6.45, 7) is 4.75. The van der Waals surface area contributed by atoms with Crippen LogP contribution in [0.1, 0.15) is 56.3 Å². The number of halogens is 1. The monoisotopic (exact) mass is 416 g/mol.